The van der Waals surface area contributed by atoms with Crippen molar-refractivity contribution < 1.29 is 8.78 Å². The third-order valence-electron chi connectivity index (χ3n) is 2.13. The second-order valence-electron chi connectivity index (χ2n) is 3.46. The van der Waals surface area contributed by atoms with E-state index in [9.17, 15) is 8.78 Å². The normalized spacial score (nSPS) is 10.7. The average molecular weight is 255 g/mol. The first-order valence-corrected chi connectivity index (χ1v) is 5.99. The van der Waals surface area contributed by atoms with Crippen LogP contribution in [0.4, 0.5) is 14.5 Å². The topological polar surface area (TPSA) is 43.8 Å². The summed E-state index contributed by atoms with van der Waals surface area (Å²) in [4.78, 5) is 0.698. The van der Waals surface area contributed by atoms with Crippen molar-refractivity contribution >= 4 is 17.4 Å². The third kappa shape index (κ3) is 3.20. The Hall–Kier alpha value is -1.56. The van der Waals surface area contributed by atoms with Gasteiger partial charge in [-0.05, 0) is 18.2 Å². The summed E-state index contributed by atoms with van der Waals surface area (Å²) in [5.41, 5.74) is 6.13. The fraction of sp³-hybridized carbons (Fsp3) is 0.182. The Morgan fingerprint density at radius 1 is 1.29 bits per heavy atom. The molecular formula is C11H11F2N3S. The molecule has 0 radical (unpaired) electrons. The number of thioether (sulfide) groups is 1. The maximum absolute atomic E-state index is 12.9. The molecule has 0 aliphatic rings. The molecule has 2 aromatic rings. The van der Waals surface area contributed by atoms with Crippen LogP contribution in [0, 0.1) is 11.6 Å². The van der Waals surface area contributed by atoms with Gasteiger partial charge in [-0.2, -0.15) is 5.10 Å². The van der Waals surface area contributed by atoms with Gasteiger partial charge >= 0.3 is 0 Å². The predicted molar refractivity (Wildman–Crippen MR) is 63.7 cm³/mol. The molecular weight excluding hydrogens is 244 g/mol. The minimum absolute atomic E-state index is 0.614. The van der Waals surface area contributed by atoms with Crippen molar-refractivity contribution in [3.05, 3.63) is 42.2 Å². The smallest absolute Gasteiger partial charge is 0.159 e. The molecule has 2 N–H and O–H groups in total. The van der Waals surface area contributed by atoms with Crippen LogP contribution in [0.5, 0.6) is 0 Å². The summed E-state index contributed by atoms with van der Waals surface area (Å²) in [7, 11) is 0. The van der Waals surface area contributed by atoms with Crippen LogP contribution in [0.2, 0.25) is 0 Å². The van der Waals surface area contributed by atoms with Gasteiger partial charge in [0.2, 0.25) is 0 Å². The van der Waals surface area contributed by atoms with Gasteiger partial charge in [-0.25, -0.2) is 8.78 Å². The summed E-state index contributed by atoms with van der Waals surface area (Å²) in [5, 5.41) is 4.02. The van der Waals surface area contributed by atoms with Gasteiger partial charge < -0.3 is 5.73 Å². The Labute approximate surface area is 102 Å². The molecule has 0 bridgehead atoms. The number of aromatic nitrogens is 2. The molecule has 0 amide bonds. The number of aryl methyl sites for hydroxylation is 1. The Morgan fingerprint density at radius 3 is 2.76 bits per heavy atom. The molecule has 0 saturated carbocycles. The molecule has 0 spiro atoms. The lowest BCUT2D eigenvalue weighted by Crippen LogP contribution is -2.00. The van der Waals surface area contributed by atoms with Crippen LogP contribution >= 0.6 is 11.8 Å². The largest absolute Gasteiger partial charge is 0.396 e. The zero-order valence-corrected chi connectivity index (χ0v) is 9.75. The highest BCUT2D eigenvalue weighted by Gasteiger charge is 2.03. The Morgan fingerprint density at radius 2 is 2.12 bits per heavy atom. The maximum atomic E-state index is 12.9. The summed E-state index contributed by atoms with van der Waals surface area (Å²) in [6, 6.07) is 3.88. The molecule has 1 aromatic heterocycles. The number of rotatable bonds is 4. The molecule has 90 valence electrons. The van der Waals surface area contributed by atoms with Crippen molar-refractivity contribution in [1.82, 2.24) is 9.78 Å². The van der Waals surface area contributed by atoms with E-state index in [1.807, 2.05) is 0 Å². The van der Waals surface area contributed by atoms with Gasteiger partial charge in [-0.1, -0.05) is 0 Å². The van der Waals surface area contributed by atoms with E-state index in [1.165, 1.54) is 17.8 Å². The zero-order chi connectivity index (χ0) is 12.3. The molecule has 3 nitrogen and oxygen atoms in total. The summed E-state index contributed by atoms with van der Waals surface area (Å²) >= 11 is 1.44. The van der Waals surface area contributed by atoms with Crippen molar-refractivity contribution in [3.63, 3.8) is 0 Å². The monoisotopic (exact) mass is 255 g/mol. The Kier molecular flexibility index (Phi) is 3.63. The van der Waals surface area contributed by atoms with Crippen LogP contribution in [0.25, 0.3) is 0 Å². The van der Waals surface area contributed by atoms with Gasteiger partial charge in [0.25, 0.3) is 0 Å². The number of anilines is 1. The summed E-state index contributed by atoms with van der Waals surface area (Å²) in [6.45, 7) is 0.668. The quantitative estimate of drug-likeness (QED) is 0.854. The van der Waals surface area contributed by atoms with Crippen LogP contribution in [-0.4, -0.2) is 15.5 Å². The van der Waals surface area contributed by atoms with Gasteiger partial charge in [-0.15, -0.1) is 11.8 Å². The molecule has 2 rings (SSSR count). The number of hydrogen-bond donors (Lipinski definition) is 1. The number of nitrogens with two attached hydrogens (primary N) is 1. The van der Waals surface area contributed by atoms with Gasteiger partial charge in [0.15, 0.2) is 11.6 Å². The number of nitrogen functional groups attached to an aromatic ring is 1. The van der Waals surface area contributed by atoms with Crippen LogP contribution in [0.3, 0.4) is 0 Å². The second kappa shape index (κ2) is 5.18. The number of hydrogen-bond acceptors (Lipinski definition) is 3. The van der Waals surface area contributed by atoms with E-state index in [1.54, 1.807) is 23.1 Å². The van der Waals surface area contributed by atoms with Gasteiger partial charge in [0.1, 0.15) is 0 Å². The van der Waals surface area contributed by atoms with Crippen LogP contribution in [0.1, 0.15) is 0 Å². The van der Waals surface area contributed by atoms with Crippen LogP contribution < -0.4 is 5.73 Å². The fourth-order valence-corrected chi connectivity index (χ4v) is 2.19. The zero-order valence-electron chi connectivity index (χ0n) is 8.94. The third-order valence-corrected chi connectivity index (χ3v) is 3.11. The van der Waals surface area contributed by atoms with Gasteiger partial charge in [-0.3, -0.25) is 4.68 Å². The van der Waals surface area contributed by atoms with E-state index in [4.69, 9.17) is 5.73 Å². The molecule has 0 atom stereocenters. The molecule has 1 aromatic carbocycles. The highest BCUT2D eigenvalue weighted by atomic mass is 32.2. The second-order valence-corrected chi connectivity index (χ2v) is 4.63. The summed E-state index contributed by atoms with van der Waals surface area (Å²) in [6.07, 6.45) is 3.30. The van der Waals surface area contributed by atoms with E-state index in [0.717, 1.165) is 6.07 Å². The molecule has 0 unspecified atom stereocenters. The maximum Gasteiger partial charge on any atom is 0.159 e. The highest BCUT2D eigenvalue weighted by Crippen LogP contribution is 2.20. The van der Waals surface area contributed by atoms with Crippen LogP contribution in [-0.2, 0) is 6.54 Å². The van der Waals surface area contributed by atoms with Gasteiger partial charge in [0.05, 0.1) is 18.4 Å². The standard InChI is InChI=1S/C11H11F2N3S/c12-10-2-1-9(5-11(10)13)17-4-3-16-7-8(14)6-15-16/h1-2,5-7H,3-4,14H2. The van der Waals surface area contributed by atoms with Crippen molar-refractivity contribution in [3.8, 4) is 0 Å². The van der Waals surface area contributed by atoms with Crippen molar-refractivity contribution in [2.75, 3.05) is 11.5 Å². The molecule has 6 heteroatoms. The lowest BCUT2D eigenvalue weighted by Gasteiger charge is -2.02. The molecule has 0 saturated heterocycles. The van der Waals surface area contributed by atoms with Crippen molar-refractivity contribution in [1.29, 1.82) is 0 Å². The van der Waals surface area contributed by atoms with E-state index in [0.29, 0.717) is 22.9 Å². The molecule has 0 aliphatic carbocycles. The molecule has 0 aliphatic heterocycles. The number of halogens is 2. The van der Waals surface area contributed by atoms with Crippen molar-refractivity contribution in [2.45, 2.75) is 11.4 Å². The van der Waals surface area contributed by atoms with Crippen molar-refractivity contribution in [2.24, 2.45) is 0 Å². The first-order chi connectivity index (χ1) is 8.15. The lowest BCUT2D eigenvalue weighted by molar-refractivity contribution is 0.506. The van der Waals surface area contributed by atoms with Gasteiger partial charge in [0, 0.05) is 16.8 Å². The SMILES string of the molecule is Nc1cnn(CCSc2ccc(F)c(F)c2)c1. The summed E-state index contributed by atoms with van der Waals surface area (Å²) < 4.78 is 27.3. The van der Waals surface area contributed by atoms with E-state index >= 15 is 0 Å². The predicted octanol–water partition coefficient (Wildman–Crippen LogP) is 2.54. The average Bonchev–Trinajstić information content (AvgIpc) is 2.70. The summed E-state index contributed by atoms with van der Waals surface area (Å²) in [5.74, 6) is -0.931. The molecule has 1 heterocycles. The van der Waals surface area contributed by atoms with E-state index in [2.05, 4.69) is 5.10 Å². The van der Waals surface area contributed by atoms with E-state index in [-0.39, 0.29) is 0 Å². The Bertz CT molecular complexity index is 513. The highest BCUT2D eigenvalue weighted by molar-refractivity contribution is 7.99. The Balaban J connectivity index is 1.87. The van der Waals surface area contributed by atoms with E-state index < -0.39 is 11.6 Å². The minimum Gasteiger partial charge on any atom is -0.396 e. The fourth-order valence-electron chi connectivity index (χ4n) is 1.33. The first-order valence-electron chi connectivity index (χ1n) is 5.01. The minimum atomic E-state index is -0.825. The molecule has 17 heavy (non-hydrogen) atoms. The first kappa shape index (κ1) is 11.9. The molecule has 0 fully saturated rings. The number of nitrogens with zero attached hydrogens (tertiary/aromatic N) is 2. The number of benzene rings is 1. The van der Waals surface area contributed by atoms with Crippen LogP contribution in [0.15, 0.2) is 35.5 Å². The lowest BCUT2D eigenvalue weighted by atomic mass is 10.3.